The predicted octanol–water partition coefficient (Wildman–Crippen LogP) is 4.05. The third kappa shape index (κ3) is 3.73. The highest BCUT2D eigenvalue weighted by Gasteiger charge is 2.16. The molecule has 4 aromatic rings. The SMILES string of the molecule is CC(NC(=O)c1cc2cc(C(=N)c3ccncc3)c(N)cc2[nH]1)c1ccccc1. The summed E-state index contributed by atoms with van der Waals surface area (Å²) in [4.78, 5) is 19.8. The first kappa shape index (κ1) is 18.4. The van der Waals surface area contributed by atoms with Gasteiger partial charge in [-0.25, -0.2) is 0 Å². The fraction of sp³-hybridized carbons (Fsp3) is 0.0870. The fourth-order valence-electron chi connectivity index (χ4n) is 3.31. The van der Waals surface area contributed by atoms with Crippen molar-refractivity contribution < 1.29 is 4.79 Å². The van der Waals surface area contributed by atoms with Crippen molar-refractivity contribution in [3.63, 3.8) is 0 Å². The molecule has 1 amide bonds. The first-order valence-electron chi connectivity index (χ1n) is 9.30. The average molecular weight is 383 g/mol. The number of H-pyrrole nitrogens is 1. The van der Waals surface area contributed by atoms with Crippen molar-refractivity contribution in [2.24, 2.45) is 0 Å². The molecule has 0 fully saturated rings. The Bertz CT molecular complexity index is 1180. The van der Waals surface area contributed by atoms with Crippen LogP contribution >= 0.6 is 0 Å². The lowest BCUT2D eigenvalue weighted by molar-refractivity contribution is 0.0935. The van der Waals surface area contributed by atoms with Crippen LogP contribution in [0.1, 0.15) is 40.1 Å². The summed E-state index contributed by atoms with van der Waals surface area (Å²) in [5.41, 5.74) is 10.6. The van der Waals surface area contributed by atoms with Crippen molar-refractivity contribution in [3.05, 3.63) is 95.4 Å². The molecule has 2 heterocycles. The maximum absolute atomic E-state index is 12.7. The summed E-state index contributed by atoms with van der Waals surface area (Å²) >= 11 is 0. The lowest BCUT2D eigenvalue weighted by Crippen LogP contribution is -2.26. The second-order valence-electron chi connectivity index (χ2n) is 6.93. The van der Waals surface area contributed by atoms with Crippen LogP contribution in [0.5, 0.6) is 0 Å². The first-order valence-corrected chi connectivity index (χ1v) is 9.30. The van der Waals surface area contributed by atoms with Crippen LogP contribution in [0.2, 0.25) is 0 Å². The standard InChI is InChI=1S/C23H21N5O/c1-14(15-5-3-2-4-6-15)27-23(29)21-12-17-11-18(19(24)13-20(17)28-21)22(25)16-7-9-26-10-8-16/h2-14,25,28H,24H2,1H3,(H,27,29). The van der Waals surface area contributed by atoms with Gasteiger partial charge >= 0.3 is 0 Å². The highest BCUT2D eigenvalue weighted by atomic mass is 16.1. The molecule has 144 valence electrons. The minimum atomic E-state index is -0.193. The van der Waals surface area contributed by atoms with E-state index in [1.807, 2.05) is 43.3 Å². The van der Waals surface area contributed by atoms with Crippen LogP contribution in [0, 0.1) is 5.41 Å². The van der Waals surface area contributed by atoms with E-state index in [4.69, 9.17) is 11.1 Å². The highest BCUT2D eigenvalue weighted by Crippen LogP contribution is 2.25. The van der Waals surface area contributed by atoms with Gasteiger partial charge in [-0.15, -0.1) is 0 Å². The van der Waals surface area contributed by atoms with E-state index in [1.165, 1.54) is 0 Å². The van der Waals surface area contributed by atoms with E-state index in [0.717, 1.165) is 22.0 Å². The number of amides is 1. The highest BCUT2D eigenvalue weighted by molar-refractivity contribution is 6.15. The summed E-state index contributed by atoms with van der Waals surface area (Å²) in [5.74, 6) is -0.193. The monoisotopic (exact) mass is 383 g/mol. The van der Waals surface area contributed by atoms with E-state index in [-0.39, 0.29) is 11.9 Å². The van der Waals surface area contributed by atoms with Crippen LogP contribution in [-0.2, 0) is 0 Å². The van der Waals surface area contributed by atoms with E-state index in [2.05, 4.69) is 15.3 Å². The summed E-state index contributed by atoms with van der Waals surface area (Å²) in [6, 6.07) is 18.6. The number of nitrogen functional groups attached to an aromatic ring is 1. The molecule has 4 rings (SSSR count). The first-order chi connectivity index (χ1) is 14.0. The molecule has 0 spiro atoms. The van der Waals surface area contributed by atoms with Gasteiger partial charge in [0.1, 0.15) is 5.69 Å². The number of hydrogen-bond acceptors (Lipinski definition) is 4. The minimum absolute atomic E-state index is 0.115. The second kappa shape index (κ2) is 7.59. The molecule has 6 heteroatoms. The smallest absolute Gasteiger partial charge is 0.268 e. The molecule has 2 aromatic carbocycles. The van der Waals surface area contributed by atoms with E-state index in [0.29, 0.717) is 22.7 Å². The van der Waals surface area contributed by atoms with Gasteiger partial charge in [-0.2, -0.15) is 0 Å². The Labute approximate surface area is 168 Å². The molecule has 6 nitrogen and oxygen atoms in total. The summed E-state index contributed by atoms with van der Waals surface area (Å²) < 4.78 is 0. The largest absolute Gasteiger partial charge is 0.398 e. The molecule has 29 heavy (non-hydrogen) atoms. The molecular weight excluding hydrogens is 362 g/mol. The molecule has 0 radical (unpaired) electrons. The van der Waals surface area contributed by atoms with E-state index in [1.54, 1.807) is 36.7 Å². The number of carbonyl (C=O) groups excluding carboxylic acids is 1. The van der Waals surface area contributed by atoms with Crippen LogP contribution in [0.25, 0.3) is 10.9 Å². The Morgan fingerprint density at radius 2 is 1.83 bits per heavy atom. The molecular formula is C23H21N5O. The van der Waals surface area contributed by atoms with E-state index < -0.39 is 0 Å². The fourth-order valence-corrected chi connectivity index (χ4v) is 3.31. The van der Waals surface area contributed by atoms with Gasteiger partial charge in [-0.1, -0.05) is 30.3 Å². The normalized spacial score (nSPS) is 11.9. The number of carbonyl (C=O) groups is 1. The van der Waals surface area contributed by atoms with Gasteiger partial charge < -0.3 is 16.0 Å². The molecule has 5 N–H and O–H groups in total. The zero-order valence-corrected chi connectivity index (χ0v) is 15.9. The van der Waals surface area contributed by atoms with Crippen LogP contribution < -0.4 is 11.1 Å². The Morgan fingerprint density at radius 3 is 2.55 bits per heavy atom. The number of benzene rings is 2. The minimum Gasteiger partial charge on any atom is -0.398 e. The Kier molecular flexibility index (Phi) is 4.83. The average Bonchev–Trinajstić information content (AvgIpc) is 3.17. The van der Waals surface area contributed by atoms with Crippen molar-refractivity contribution in [1.29, 1.82) is 5.41 Å². The lowest BCUT2D eigenvalue weighted by atomic mass is 10.0. The summed E-state index contributed by atoms with van der Waals surface area (Å²) in [6.07, 6.45) is 3.29. The topological polar surface area (TPSA) is 108 Å². The molecule has 1 unspecified atom stereocenters. The quantitative estimate of drug-likeness (QED) is 0.308. The number of hydrogen-bond donors (Lipinski definition) is 4. The molecule has 0 aliphatic carbocycles. The predicted molar refractivity (Wildman–Crippen MR) is 115 cm³/mol. The number of nitrogens with two attached hydrogens (primary N) is 1. The van der Waals surface area contributed by atoms with Crippen molar-refractivity contribution in [3.8, 4) is 0 Å². The third-order valence-electron chi connectivity index (χ3n) is 4.92. The molecule has 1 atom stereocenters. The Balaban J connectivity index is 1.61. The Morgan fingerprint density at radius 1 is 1.10 bits per heavy atom. The van der Waals surface area contributed by atoms with Gasteiger partial charge in [0.05, 0.1) is 11.8 Å². The van der Waals surface area contributed by atoms with Gasteiger partial charge in [0, 0.05) is 40.1 Å². The van der Waals surface area contributed by atoms with Crippen LogP contribution in [0.3, 0.4) is 0 Å². The lowest BCUT2D eigenvalue weighted by Gasteiger charge is -2.13. The maximum atomic E-state index is 12.7. The maximum Gasteiger partial charge on any atom is 0.268 e. The molecule has 0 saturated heterocycles. The van der Waals surface area contributed by atoms with Crippen molar-refractivity contribution in [1.82, 2.24) is 15.3 Å². The number of nitrogens with zero attached hydrogens (tertiary/aromatic N) is 1. The zero-order chi connectivity index (χ0) is 20.4. The molecule has 0 bridgehead atoms. The van der Waals surface area contributed by atoms with Crippen LogP contribution in [0.4, 0.5) is 5.69 Å². The number of nitrogens with one attached hydrogen (secondary N) is 3. The van der Waals surface area contributed by atoms with Gasteiger partial charge in [0.15, 0.2) is 0 Å². The van der Waals surface area contributed by atoms with Crippen LogP contribution in [0.15, 0.2) is 73.1 Å². The second-order valence-corrected chi connectivity index (χ2v) is 6.93. The molecule has 0 saturated carbocycles. The molecule has 0 aliphatic rings. The zero-order valence-electron chi connectivity index (χ0n) is 15.9. The van der Waals surface area contributed by atoms with Crippen molar-refractivity contribution in [2.45, 2.75) is 13.0 Å². The number of aromatic nitrogens is 2. The van der Waals surface area contributed by atoms with E-state index >= 15 is 0 Å². The third-order valence-corrected chi connectivity index (χ3v) is 4.92. The molecule has 0 aliphatic heterocycles. The van der Waals surface area contributed by atoms with Gasteiger partial charge in [0.2, 0.25) is 0 Å². The summed E-state index contributed by atoms with van der Waals surface area (Å²) in [6.45, 7) is 1.95. The summed E-state index contributed by atoms with van der Waals surface area (Å²) in [5, 5.41) is 12.3. The number of pyridine rings is 1. The van der Waals surface area contributed by atoms with Crippen molar-refractivity contribution in [2.75, 3.05) is 5.73 Å². The van der Waals surface area contributed by atoms with Crippen molar-refractivity contribution >= 4 is 28.2 Å². The molecule has 2 aromatic heterocycles. The van der Waals surface area contributed by atoms with Gasteiger partial charge in [-0.05, 0) is 42.8 Å². The van der Waals surface area contributed by atoms with Gasteiger partial charge in [-0.3, -0.25) is 15.2 Å². The number of aromatic amines is 1. The van der Waals surface area contributed by atoms with Crippen LogP contribution in [-0.4, -0.2) is 21.6 Å². The number of rotatable bonds is 5. The number of anilines is 1. The van der Waals surface area contributed by atoms with Gasteiger partial charge in [0.25, 0.3) is 5.91 Å². The Hall–Kier alpha value is -3.93. The van der Waals surface area contributed by atoms with E-state index in [9.17, 15) is 4.79 Å². The number of fused-ring (bicyclic) bond motifs is 1. The summed E-state index contributed by atoms with van der Waals surface area (Å²) in [7, 11) is 0.